The lowest BCUT2D eigenvalue weighted by molar-refractivity contribution is 0.0542. The molecule has 0 aliphatic carbocycles. The fourth-order valence-corrected chi connectivity index (χ4v) is 3.63. The molecule has 5 nitrogen and oxygen atoms in total. The molecule has 3 rings (SSSR count). The smallest absolute Gasteiger partial charge is 0.321 e. The SMILES string of the molecule is CCC1(CO)CCN(C(=O)Nc2ccc3c(c2)N(C)CC3)CC1. The Morgan fingerprint density at radius 1 is 1.30 bits per heavy atom. The van der Waals surface area contributed by atoms with Gasteiger partial charge in [0.1, 0.15) is 0 Å². The van der Waals surface area contributed by atoms with E-state index in [-0.39, 0.29) is 18.1 Å². The molecular formula is C18H27N3O2. The predicted molar refractivity (Wildman–Crippen MR) is 93.1 cm³/mol. The summed E-state index contributed by atoms with van der Waals surface area (Å²) in [5, 5.41) is 12.6. The molecule has 2 N–H and O–H groups in total. The summed E-state index contributed by atoms with van der Waals surface area (Å²) in [6.07, 6.45) is 3.79. The third kappa shape index (κ3) is 3.15. The van der Waals surface area contributed by atoms with Gasteiger partial charge in [0.05, 0.1) is 0 Å². The number of likely N-dealkylation sites (N-methyl/N-ethyl adjacent to an activating group) is 1. The Labute approximate surface area is 138 Å². The van der Waals surface area contributed by atoms with E-state index in [1.54, 1.807) is 0 Å². The quantitative estimate of drug-likeness (QED) is 0.901. The maximum atomic E-state index is 12.5. The van der Waals surface area contributed by atoms with Crippen molar-refractivity contribution in [3.05, 3.63) is 23.8 Å². The topological polar surface area (TPSA) is 55.8 Å². The molecule has 23 heavy (non-hydrogen) atoms. The van der Waals surface area contributed by atoms with Crippen LogP contribution in [0.3, 0.4) is 0 Å². The number of piperidine rings is 1. The largest absolute Gasteiger partial charge is 0.396 e. The normalized spacial score (nSPS) is 19.6. The molecule has 0 aromatic heterocycles. The van der Waals surface area contributed by atoms with Crippen LogP contribution >= 0.6 is 0 Å². The summed E-state index contributed by atoms with van der Waals surface area (Å²) in [6, 6.07) is 6.13. The van der Waals surface area contributed by atoms with Crippen molar-refractivity contribution in [3.63, 3.8) is 0 Å². The number of hydrogen-bond donors (Lipinski definition) is 2. The Morgan fingerprint density at radius 3 is 2.70 bits per heavy atom. The first-order valence-electron chi connectivity index (χ1n) is 8.58. The molecule has 1 aromatic rings. The highest BCUT2D eigenvalue weighted by Crippen LogP contribution is 2.34. The zero-order valence-corrected chi connectivity index (χ0v) is 14.1. The summed E-state index contributed by atoms with van der Waals surface area (Å²) in [5.74, 6) is 0. The van der Waals surface area contributed by atoms with Gasteiger partial charge < -0.3 is 20.2 Å². The zero-order chi connectivity index (χ0) is 16.4. The molecule has 1 fully saturated rings. The standard InChI is InChI=1S/C18H27N3O2/c1-3-18(13-22)7-10-21(11-8-18)17(23)19-15-5-4-14-6-9-20(2)16(14)12-15/h4-5,12,22H,3,6-11,13H2,1-2H3,(H,19,23). The summed E-state index contributed by atoms with van der Waals surface area (Å²) in [5.41, 5.74) is 3.43. The molecule has 0 saturated carbocycles. The van der Waals surface area contributed by atoms with Crippen molar-refractivity contribution in [1.29, 1.82) is 0 Å². The second-order valence-electron chi connectivity index (χ2n) is 6.94. The van der Waals surface area contributed by atoms with Gasteiger partial charge >= 0.3 is 6.03 Å². The number of rotatable bonds is 3. The van der Waals surface area contributed by atoms with Gasteiger partial charge in [0.2, 0.25) is 0 Å². The average molecular weight is 317 g/mol. The fourth-order valence-electron chi connectivity index (χ4n) is 3.63. The van der Waals surface area contributed by atoms with Crippen LogP contribution in [0.25, 0.3) is 0 Å². The number of benzene rings is 1. The van der Waals surface area contributed by atoms with Crippen molar-refractivity contribution < 1.29 is 9.90 Å². The summed E-state index contributed by atoms with van der Waals surface area (Å²) in [6.45, 7) is 4.80. The monoisotopic (exact) mass is 317 g/mol. The molecule has 0 unspecified atom stereocenters. The number of fused-ring (bicyclic) bond motifs is 1. The number of hydrogen-bond acceptors (Lipinski definition) is 3. The van der Waals surface area contributed by atoms with E-state index in [2.05, 4.69) is 36.3 Å². The highest BCUT2D eigenvalue weighted by Gasteiger charge is 2.33. The van der Waals surface area contributed by atoms with Crippen molar-refractivity contribution in [2.75, 3.05) is 43.5 Å². The molecule has 126 valence electrons. The van der Waals surface area contributed by atoms with Gasteiger partial charge in [-0.2, -0.15) is 0 Å². The lowest BCUT2D eigenvalue weighted by Gasteiger charge is -2.40. The highest BCUT2D eigenvalue weighted by molar-refractivity contribution is 5.90. The van der Waals surface area contributed by atoms with E-state index < -0.39 is 0 Å². The van der Waals surface area contributed by atoms with E-state index in [1.807, 2.05) is 11.0 Å². The first kappa shape index (κ1) is 16.1. The van der Waals surface area contributed by atoms with Gasteiger partial charge in [-0.3, -0.25) is 0 Å². The summed E-state index contributed by atoms with van der Waals surface area (Å²) < 4.78 is 0. The van der Waals surface area contributed by atoms with Gasteiger partial charge in [0, 0.05) is 44.7 Å². The lowest BCUT2D eigenvalue weighted by Crippen LogP contribution is -2.46. The van der Waals surface area contributed by atoms with Crippen molar-refractivity contribution >= 4 is 17.4 Å². The molecule has 1 aromatic carbocycles. The Bertz CT molecular complexity index is 574. The fraction of sp³-hybridized carbons (Fsp3) is 0.611. The summed E-state index contributed by atoms with van der Waals surface area (Å²) in [4.78, 5) is 16.6. The van der Waals surface area contributed by atoms with Gasteiger partial charge in [-0.05, 0) is 48.8 Å². The Morgan fingerprint density at radius 2 is 2.04 bits per heavy atom. The van der Waals surface area contributed by atoms with Crippen LogP contribution in [-0.4, -0.2) is 49.3 Å². The molecule has 0 spiro atoms. The summed E-state index contributed by atoms with van der Waals surface area (Å²) >= 11 is 0. The number of anilines is 2. The maximum absolute atomic E-state index is 12.5. The molecule has 0 atom stereocenters. The number of carbonyl (C=O) groups is 1. The number of amides is 2. The van der Waals surface area contributed by atoms with Crippen LogP contribution in [0, 0.1) is 5.41 Å². The van der Waals surface area contributed by atoms with Crippen molar-refractivity contribution in [2.45, 2.75) is 32.6 Å². The van der Waals surface area contributed by atoms with Gasteiger partial charge in [-0.1, -0.05) is 13.0 Å². The lowest BCUT2D eigenvalue weighted by atomic mass is 9.77. The predicted octanol–water partition coefficient (Wildman–Crippen LogP) is 2.70. The third-order valence-electron chi connectivity index (χ3n) is 5.66. The van der Waals surface area contributed by atoms with Gasteiger partial charge in [-0.15, -0.1) is 0 Å². The van der Waals surface area contributed by atoms with Crippen LogP contribution in [0.5, 0.6) is 0 Å². The van der Waals surface area contributed by atoms with E-state index in [4.69, 9.17) is 0 Å². The first-order chi connectivity index (χ1) is 11.1. The minimum atomic E-state index is -0.0340. The minimum absolute atomic E-state index is 0.00701. The molecule has 2 aliphatic heterocycles. The molecule has 2 heterocycles. The molecular weight excluding hydrogens is 290 g/mol. The summed E-state index contributed by atoms with van der Waals surface area (Å²) in [7, 11) is 2.08. The molecule has 2 aliphatic rings. The second kappa shape index (κ2) is 6.40. The average Bonchev–Trinajstić information content (AvgIpc) is 2.96. The molecule has 0 radical (unpaired) electrons. The van der Waals surface area contributed by atoms with Crippen LogP contribution in [0.15, 0.2) is 18.2 Å². The van der Waals surface area contributed by atoms with Crippen molar-refractivity contribution in [3.8, 4) is 0 Å². The number of nitrogens with zero attached hydrogens (tertiary/aromatic N) is 2. The van der Waals surface area contributed by atoms with Crippen LogP contribution < -0.4 is 10.2 Å². The van der Waals surface area contributed by atoms with E-state index in [0.29, 0.717) is 13.1 Å². The molecule has 0 bridgehead atoms. The van der Waals surface area contributed by atoms with Gasteiger partial charge in [0.25, 0.3) is 0 Å². The number of likely N-dealkylation sites (tertiary alicyclic amines) is 1. The van der Waals surface area contributed by atoms with Crippen molar-refractivity contribution in [2.24, 2.45) is 5.41 Å². The van der Waals surface area contributed by atoms with Crippen LogP contribution in [0.1, 0.15) is 31.7 Å². The van der Waals surface area contributed by atoms with Crippen LogP contribution in [0.4, 0.5) is 16.2 Å². The van der Waals surface area contributed by atoms with Crippen molar-refractivity contribution in [1.82, 2.24) is 4.90 Å². The number of nitrogens with one attached hydrogen (secondary N) is 1. The number of carbonyl (C=O) groups excluding carboxylic acids is 1. The van der Waals surface area contributed by atoms with E-state index in [1.165, 1.54) is 11.3 Å². The zero-order valence-electron chi connectivity index (χ0n) is 14.1. The Kier molecular flexibility index (Phi) is 4.48. The Balaban J connectivity index is 1.61. The Hall–Kier alpha value is -1.75. The van der Waals surface area contributed by atoms with E-state index in [9.17, 15) is 9.90 Å². The van der Waals surface area contributed by atoms with E-state index >= 15 is 0 Å². The number of aliphatic hydroxyl groups is 1. The second-order valence-corrected chi connectivity index (χ2v) is 6.94. The van der Waals surface area contributed by atoms with Gasteiger partial charge in [0.15, 0.2) is 0 Å². The molecule has 1 saturated heterocycles. The maximum Gasteiger partial charge on any atom is 0.321 e. The number of urea groups is 1. The van der Waals surface area contributed by atoms with Crippen LogP contribution in [0.2, 0.25) is 0 Å². The van der Waals surface area contributed by atoms with Crippen LogP contribution in [-0.2, 0) is 6.42 Å². The van der Waals surface area contributed by atoms with E-state index in [0.717, 1.165) is 37.9 Å². The molecule has 2 amide bonds. The third-order valence-corrected chi connectivity index (χ3v) is 5.66. The number of aliphatic hydroxyl groups excluding tert-OH is 1. The van der Waals surface area contributed by atoms with Gasteiger partial charge in [-0.25, -0.2) is 4.79 Å². The highest BCUT2D eigenvalue weighted by atomic mass is 16.3. The molecule has 5 heteroatoms. The first-order valence-corrected chi connectivity index (χ1v) is 8.58. The minimum Gasteiger partial charge on any atom is -0.396 e.